The number of hydrogen-bond donors (Lipinski definition) is 2. The molecule has 2 aromatic rings. The number of carbonyl (C=O) groups is 3. The number of amides is 3. The Hall–Kier alpha value is -3.15. The largest absolute Gasteiger partial charge is 0.332 e. The number of nitrogens with one attached hydrogen (secondary N) is 2. The van der Waals surface area contributed by atoms with Crippen molar-refractivity contribution in [3.63, 3.8) is 0 Å². The number of benzene rings is 2. The maximum atomic E-state index is 12.8. The van der Waals surface area contributed by atoms with Gasteiger partial charge in [-0.1, -0.05) is 43.5 Å². The summed E-state index contributed by atoms with van der Waals surface area (Å²) in [6.07, 6.45) is 5.21. The number of rotatable bonds is 6. The summed E-state index contributed by atoms with van der Waals surface area (Å²) in [7, 11) is 1.60. The van der Waals surface area contributed by atoms with Gasteiger partial charge in [-0.05, 0) is 56.0 Å². The van der Waals surface area contributed by atoms with E-state index in [9.17, 15) is 14.4 Å². The Balaban J connectivity index is 1.60. The summed E-state index contributed by atoms with van der Waals surface area (Å²) < 4.78 is 0. The van der Waals surface area contributed by atoms with Gasteiger partial charge in [0.25, 0.3) is 5.91 Å². The van der Waals surface area contributed by atoms with Gasteiger partial charge in [0.2, 0.25) is 11.8 Å². The van der Waals surface area contributed by atoms with Gasteiger partial charge >= 0.3 is 0 Å². The van der Waals surface area contributed by atoms with Crippen molar-refractivity contribution >= 4 is 29.1 Å². The van der Waals surface area contributed by atoms with E-state index in [1.165, 1.54) is 11.3 Å². The van der Waals surface area contributed by atoms with Crippen LogP contribution in [0.4, 0.5) is 11.4 Å². The molecule has 164 valence electrons. The number of nitrogens with zero attached hydrogens (tertiary/aromatic N) is 1. The van der Waals surface area contributed by atoms with E-state index in [1.54, 1.807) is 31.3 Å². The molecule has 0 saturated heterocycles. The number of hydrogen-bond acceptors (Lipinski definition) is 3. The SMILES string of the molecule is Cc1cccc(C)c1NC(=O)CN(C)C(=O)c1cccc(NC(=O)C2CCCCC2)c1. The van der Waals surface area contributed by atoms with E-state index in [2.05, 4.69) is 10.6 Å². The highest BCUT2D eigenvalue weighted by molar-refractivity contribution is 6.01. The molecule has 1 saturated carbocycles. The lowest BCUT2D eigenvalue weighted by atomic mass is 9.88. The summed E-state index contributed by atoms with van der Waals surface area (Å²) in [6, 6.07) is 12.7. The van der Waals surface area contributed by atoms with E-state index in [0.717, 1.165) is 42.5 Å². The van der Waals surface area contributed by atoms with Crippen LogP contribution in [-0.2, 0) is 9.59 Å². The lowest BCUT2D eigenvalue weighted by Gasteiger charge is -2.21. The predicted octanol–water partition coefficient (Wildman–Crippen LogP) is 4.53. The van der Waals surface area contributed by atoms with Crippen molar-refractivity contribution in [3.05, 3.63) is 59.2 Å². The molecular formula is C25H31N3O3. The minimum Gasteiger partial charge on any atom is -0.332 e. The van der Waals surface area contributed by atoms with E-state index in [4.69, 9.17) is 0 Å². The van der Waals surface area contributed by atoms with Gasteiger partial charge in [0.15, 0.2) is 0 Å². The average Bonchev–Trinajstić information content (AvgIpc) is 2.76. The highest BCUT2D eigenvalue weighted by atomic mass is 16.2. The van der Waals surface area contributed by atoms with E-state index in [1.807, 2.05) is 32.0 Å². The zero-order chi connectivity index (χ0) is 22.4. The van der Waals surface area contributed by atoms with E-state index < -0.39 is 0 Å². The highest BCUT2D eigenvalue weighted by Crippen LogP contribution is 2.25. The molecule has 2 aromatic carbocycles. The molecule has 3 rings (SSSR count). The van der Waals surface area contributed by atoms with Gasteiger partial charge in [0, 0.05) is 29.9 Å². The Kier molecular flexibility index (Phi) is 7.45. The molecule has 1 aliphatic rings. The van der Waals surface area contributed by atoms with Crippen LogP contribution in [0.5, 0.6) is 0 Å². The summed E-state index contributed by atoms with van der Waals surface area (Å²) in [5, 5.41) is 5.84. The molecule has 0 aliphatic heterocycles. The van der Waals surface area contributed by atoms with Crippen molar-refractivity contribution in [2.45, 2.75) is 46.0 Å². The van der Waals surface area contributed by atoms with Crippen LogP contribution >= 0.6 is 0 Å². The fraction of sp³-hybridized carbons (Fsp3) is 0.400. The van der Waals surface area contributed by atoms with Crippen molar-refractivity contribution in [2.75, 3.05) is 24.2 Å². The summed E-state index contributed by atoms with van der Waals surface area (Å²) >= 11 is 0. The second-order valence-electron chi connectivity index (χ2n) is 8.38. The third kappa shape index (κ3) is 5.94. The van der Waals surface area contributed by atoms with Crippen LogP contribution in [0.3, 0.4) is 0 Å². The molecule has 6 nitrogen and oxygen atoms in total. The Morgan fingerprint density at radius 1 is 0.935 bits per heavy atom. The maximum Gasteiger partial charge on any atom is 0.254 e. The van der Waals surface area contributed by atoms with Crippen LogP contribution < -0.4 is 10.6 Å². The number of para-hydroxylation sites is 1. The van der Waals surface area contributed by atoms with Crippen molar-refractivity contribution in [3.8, 4) is 0 Å². The molecule has 2 N–H and O–H groups in total. The van der Waals surface area contributed by atoms with Crippen molar-refractivity contribution in [1.29, 1.82) is 0 Å². The van der Waals surface area contributed by atoms with Gasteiger partial charge in [-0.3, -0.25) is 14.4 Å². The van der Waals surface area contributed by atoms with Crippen LogP contribution in [0.2, 0.25) is 0 Å². The Bertz CT molecular complexity index is 944. The van der Waals surface area contributed by atoms with Gasteiger partial charge in [-0.25, -0.2) is 0 Å². The summed E-state index contributed by atoms with van der Waals surface area (Å²) in [4.78, 5) is 39.2. The lowest BCUT2D eigenvalue weighted by Crippen LogP contribution is -2.35. The van der Waals surface area contributed by atoms with Gasteiger partial charge in [-0.15, -0.1) is 0 Å². The monoisotopic (exact) mass is 421 g/mol. The summed E-state index contributed by atoms with van der Waals surface area (Å²) in [5.74, 6) is -0.463. The minimum absolute atomic E-state index is 0.0191. The Morgan fingerprint density at radius 2 is 1.58 bits per heavy atom. The molecule has 0 bridgehead atoms. The van der Waals surface area contributed by atoms with Gasteiger partial charge in [0.1, 0.15) is 0 Å². The van der Waals surface area contributed by atoms with E-state index in [-0.39, 0.29) is 30.2 Å². The average molecular weight is 422 g/mol. The van der Waals surface area contributed by atoms with Gasteiger partial charge in [0.05, 0.1) is 6.54 Å². The molecule has 3 amide bonds. The quantitative estimate of drug-likeness (QED) is 0.719. The Morgan fingerprint density at radius 3 is 2.26 bits per heavy atom. The molecule has 0 spiro atoms. The van der Waals surface area contributed by atoms with Gasteiger partial charge in [-0.2, -0.15) is 0 Å². The van der Waals surface area contributed by atoms with Crippen LogP contribution in [-0.4, -0.2) is 36.2 Å². The van der Waals surface area contributed by atoms with Crippen molar-refractivity contribution < 1.29 is 14.4 Å². The zero-order valence-electron chi connectivity index (χ0n) is 18.5. The minimum atomic E-state index is -0.273. The fourth-order valence-corrected chi connectivity index (χ4v) is 4.04. The molecule has 6 heteroatoms. The predicted molar refractivity (Wildman–Crippen MR) is 123 cm³/mol. The number of likely N-dealkylation sites (N-methyl/N-ethyl adjacent to an activating group) is 1. The van der Waals surface area contributed by atoms with Crippen LogP contribution in [0.25, 0.3) is 0 Å². The number of carbonyl (C=O) groups excluding carboxylic acids is 3. The van der Waals surface area contributed by atoms with Crippen LogP contribution in [0.15, 0.2) is 42.5 Å². The molecule has 0 aromatic heterocycles. The first-order chi connectivity index (χ1) is 14.8. The van der Waals surface area contributed by atoms with E-state index in [0.29, 0.717) is 11.3 Å². The van der Waals surface area contributed by atoms with Crippen molar-refractivity contribution in [1.82, 2.24) is 4.90 Å². The highest BCUT2D eigenvalue weighted by Gasteiger charge is 2.22. The first kappa shape index (κ1) is 22.5. The lowest BCUT2D eigenvalue weighted by molar-refractivity contribution is -0.120. The molecule has 0 unspecified atom stereocenters. The maximum absolute atomic E-state index is 12.8. The number of anilines is 2. The first-order valence-electron chi connectivity index (χ1n) is 10.9. The molecule has 1 fully saturated rings. The second-order valence-corrected chi connectivity index (χ2v) is 8.38. The molecule has 0 heterocycles. The van der Waals surface area contributed by atoms with Gasteiger partial charge < -0.3 is 15.5 Å². The van der Waals surface area contributed by atoms with Crippen LogP contribution in [0, 0.1) is 19.8 Å². The molecular weight excluding hydrogens is 390 g/mol. The van der Waals surface area contributed by atoms with E-state index >= 15 is 0 Å². The van der Waals surface area contributed by atoms with Crippen LogP contribution in [0.1, 0.15) is 53.6 Å². The third-order valence-corrected chi connectivity index (χ3v) is 5.83. The molecule has 0 radical (unpaired) electrons. The molecule has 31 heavy (non-hydrogen) atoms. The topological polar surface area (TPSA) is 78.5 Å². The second kappa shape index (κ2) is 10.2. The molecule has 1 aliphatic carbocycles. The smallest absolute Gasteiger partial charge is 0.254 e. The molecule has 0 atom stereocenters. The van der Waals surface area contributed by atoms with Crippen molar-refractivity contribution in [2.24, 2.45) is 5.92 Å². The summed E-state index contributed by atoms with van der Waals surface area (Å²) in [6.45, 7) is 3.81. The fourth-order valence-electron chi connectivity index (χ4n) is 4.04. The summed E-state index contributed by atoms with van der Waals surface area (Å²) in [5.41, 5.74) is 3.77. The number of aryl methyl sites for hydroxylation is 2. The zero-order valence-corrected chi connectivity index (χ0v) is 18.5. The third-order valence-electron chi connectivity index (χ3n) is 5.83. The normalized spacial score (nSPS) is 14.0. The Labute approximate surface area is 184 Å². The first-order valence-corrected chi connectivity index (χ1v) is 10.9. The standard InChI is InChI=1S/C25H31N3O3/c1-17-9-7-10-18(2)23(17)27-22(29)16-28(3)25(31)20-13-8-14-21(15-20)26-24(30)19-11-5-4-6-12-19/h7-10,13-15,19H,4-6,11-12,16H2,1-3H3,(H,26,30)(H,27,29).